The van der Waals surface area contributed by atoms with Crippen LogP contribution in [0.5, 0.6) is 0 Å². The molecule has 0 amide bonds. The molecule has 0 heterocycles. The minimum atomic E-state index is 0.269. The second kappa shape index (κ2) is 9.93. The molecule has 1 N–H and O–H groups in total. The van der Waals surface area contributed by atoms with Crippen LogP contribution in [0.3, 0.4) is 0 Å². The highest BCUT2D eigenvalue weighted by Crippen LogP contribution is 2.27. The Kier molecular flexibility index (Phi) is 8.58. The van der Waals surface area contributed by atoms with E-state index in [1.165, 1.54) is 11.1 Å². The van der Waals surface area contributed by atoms with Crippen molar-refractivity contribution < 1.29 is 9.47 Å². The molecule has 21 heavy (non-hydrogen) atoms. The summed E-state index contributed by atoms with van der Waals surface area (Å²) in [6, 6.07) is 9.21. The smallest absolute Gasteiger partial charge is 0.0638 e. The molecule has 1 unspecified atom stereocenters. The fourth-order valence-corrected chi connectivity index (χ4v) is 2.71. The first-order valence-electron chi connectivity index (χ1n) is 7.86. The summed E-state index contributed by atoms with van der Waals surface area (Å²) in [6.07, 6.45) is 1.13. The van der Waals surface area contributed by atoms with Crippen LogP contribution in [0.25, 0.3) is 0 Å². The standard InChI is InChI=1S/C18H31NO2/c1-14(2)18(16-8-6-15(3)7-9-16)10-11-19-17(12-20-4)13-21-5/h6-9,14,17-19H,10-13H2,1-5H3. The van der Waals surface area contributed by atoms with Gasteiger partial charge in [0.15, 0.2) is 0 Å². The molecular formula is C18H31NO2. The lowest BCUT2D eigenvalue weighted by atomic mass is 9.85. The third kappa shape index (κ3) is 6.60. The lowest BCUT2D eigenvalue weighted by Gasteiger charge is -2.24. The van der Waals surface area contributed by atoms with E-state index in [-0.39, 0.29) is 6.04 Å². The number of methoxy groups -OCH3 is 2. The van der Waals surface area contributed by atoms with Gasteiger partial charge < -0.3 is 14.8 Å². The molecule has 0 saturated carbocycles. The molecular weight excluding hydrogens is 262 g/mol. The highest BCUT2D eigenvalue weighted by atomic mass is 16.5. The minimum Gasteiger partial charge on any atom is -0.383 e. The van der Waals surface area contributed by atoms with Gasteiger partial charge in [0.05, 0.1) is 19.3 Å². The van der Waals surface area contributed by atoms with E-state index in [1.807, 2.05) is 0 Å². The molecule has 3 heteroatoms. The van der Waals surface area contributed by atoms with Crippen LogP contribution in [0.15, 0.2) is 24.3 Å². The van der Waals surface area contributed by atoms with Gasteiger partial charge >= 0.3 is 0 Å². The lowest BCUT2D eigenvalue weighted by Crippen LogP contribution is -2.38. The van der Waals surface area contributed by atoms with Crippen molar-refractivity contribution in [3.63, 3.8) is 0 Å². The Morgan fingerprint density at radius 1 is 1.00 bits per heavy atom. The van der Waals surface area contributed by atoms with Gasteiger partial charge in [0.1, 0.15) is 0 Å². The van der Waals surface area contributed by atoms with Crippen LogP contribution < -0.4 is 5.32 Å². The van der Waals surface area contributed by atoms with Crippen molar-refractivity contribution in [2.24, 2.45) is 5.92 Å². The molecule has 120 valence electrons. The maximum atomic E-state index is 5.22. The summed E-state index contributed by atoms with van der Waals surface area (Å²) in [5.74, 6) is 1.22. The molecule has 3 nitrogen and oxygen atoms in total. The first kappa shape index (κ1) is 18.1. The number of aryl methyl sites for hydroxylation is 1. The molecule has 1 atom stereocenters. The normalized spacial score (nSPS) is 13.1. The van der Waals surface area contributed by atoms with E-state index in [4.69, 9.17) is 9.47 Å². The summed E-state index contributed by atoms with van der Waals surface area (Å²) < 4.78 is 10.4. The molecule has 0 bridgehead atoms. The molecule has 0 aliphatic heterocycles. The number of ether oxygens (including phenoxy) is 2. The molecule has 0 saturated heterocycles. The minimum absolute atomic E-state index is 0.269. The Balaban J connectivity index is 2.53. The molecule has 0 aromatic heterocycles. The Bertz CT molecular complexity index is 369. The van der Waals surface area contributed by atoms with E-state index >= 15 is 0 Å². The Hall–Kier alpha value is -0.900. The van der Waals surface area contributed by atoms with Crippen LogP contribution in [0.2, 0.25) is 0 Å². The Labute approximate surface area is 130 Å². The Morgan fingerprint density at radius 2 is 1.57 bits per heavy atom. The lowest BCUT2D eigenvalue weighted by molar-refractivity contribution is 0.103. The van der Waals surface area contributed by atoms with Crippen molar-refractivity contribution >= 4 is 0 Å². The van der Waals surface area contributed by atoms with E-state index in [0.29, 0.717) is 25.0 Å². The van der Waals surface area contributed by atoms with E-state index in [0.717, 1.165) is 13.0 Å². The third-order valence-electron chi connectivity index (χ3n) is 3.93. The highest BCUT2D eigenvalue weighted by Gasteiger charge is 2.16. The molecule has 0 radical (unpaired) electrons. The number of hydrogen-bond donors (Lipinski definition) is 1. The van der Waals surface area contributed by atoms with Crippen molar-refractivity contribution in [1.29, 1.82) is 0 Å². The maximum Gasteiger partial charge on any atom is 0.0638 e. The SMILES string of the molecule is COCC(COC)NCCC(c1ccc(C)cc1)C(C)C. The van der Waals surface area contributed by atoms with Crippen LogP contribution in [0.1, 0.15) is 37.3 Å². The molecule has 1 rings (SSSR count). The third-order valence-corrected chi connectivity index (χ3v) is 3.93. The monoisotopic (exact) mass is 293 g/mol. The summed E-state index contributed by atoms with van der Waals surface area (Å²) in [7, 11) is 3.46. The number of rotatable bonds is 10. The predicted molar refractivity (Wildman–Crippen MR) is 88.9 cm³/mol. The zero-order valence-corrected chi connectivity index (χ0v) is 14.2. The molecule has 1 aromatic rings. The number of hydrogen-bond acceptors (Lipinski definition) is 3. The molecule has 0 aliphatic rings. The topological polar surface area (TPSA) is 30.5 Å². The maximum absolute atomic E-state index is 5.22. The van der Waals surface area contributed by atoms with Crippen molar-refractivity contribution in [2.75, 3.05) is 34.0 Å². The van der Waals surface area contributed by atoms with Gasteiger partial charge in [0.25, 0.3) is 0 Å². The average Bonchev–Trinajstić information content (AvgIpc) is 2.45. The second-order valence-corrected chi connectivity index (χ2v) is 6.11. The molecule has 0 fully saturated rings. The summed E-state index contributed by atoms with van der Waals surface area (Å²) in [6.45, 7) is 9.08. The van der Waals surface area contributed by atoms with Crippen LogP contribution in [-0.4, -0.2) is 40.0 Å². The van der Waals surface area contributed by atoms with Crippen LogP contribution in [0, 0.1) is 12.8 Å². The van der Waals surface area contributed by atoms with Gasteiger partial charge in [0.2, 0.25) is 0 Å². The van der Waals surface area contributed by atoms with Gasteiger partial charge in [-0.2, -0.15) is 0 Å². The van der Waals surface area contributed by atoms with Gasteiger partial charge in [-0.25, -0.2) is 0 Å². The average molecular weight is 293 g/mol. The number of benzene rings is 1. The van der Waals surface area contributed by atoms with Gasteiger partial charge in [-0.3, -0.25) is 0 Å². The zero-order chi connectivity index (χ0) is 15.7. The second-order valence-electron chi connectivity index (χ2n) is 6.11. The van der Waals surface area contributed by atoms with E-state index in [2.05, 4.69) is 50.4 Å². The molecule has 0 aliphatic carbocycles. The van der Waals surface area contributed by atoms with Crippen molar-refractivity contribution in [3.05, 3.63) is 35.4 Å². The van der Waals surface area contributed by atoms with Crippen LogP contribution >= 0.6 is 0 Å². The fraction of sp³-hybridized carbons (Fsp3) is 0.667. The highest BCUT2D eigenvalue weighted by molar-refractivity contribution is 5.24. The molecule has 0 spiro atoms. The van der Waals surface area contributed by atoms with Gasteiger partial charge in [-0.15, -0.1) is 0 Å². The van der Waals surface area contributed by atoms with E-state index in [1.54, 1.807) is 14.2 Å². The Morgan fingerprint density at radius 3 is 2.05 bits per heavy atom. The number of nitrogens with one attached hydrogen (secondary N) is 1. The van der Waals surface area contributed by atoms with Crippen LogP contribution in [0.4, 0.5) is 0 Å². The summed E-state index contributed by atoms with van der Waals surface area (Å²) in [5.41, 5.74) is 2.76. The first-order chi connectivity index (χ1) is 10.1. The van der Waals surface area contributed by atoms with Crippen LogP contribution in [-0.2, 0) is 9.47 Å². The largest absolute Gasteiger partial charge is 0.383 e. The summed E-state index contributed by atoms with van der Waals surface area (Å²) in [5, 5.41) is 3.54. The van der Waals surface area contributed by atoms with Gasteiger partial charge in [0, 0.05) is 14.2 Å². The summed E-state index contributed by atoms with van der Waals surface area (Å²) in [4.78, 5) is 0. The van der Waals surface area contributed by atoms with Crippen molar-refractivity contribution in [3.8, 4) is 0 Å². The van der Waals surface area contributed by atoms with E-state index < -0.39 is 0 Å². The predicted octanol–water partition coefficient (Wildman–Crippen LogP) is 3.38. The van der Waals surface area contributed by atoms with Crippen molar-refractivity contribution in [2.45, 2.75) is 39.2 Å². The molecule has 1 aromatic carbocycles. The van der Waals surface area contributed by atoms with Crippen molar-refractivity contribution in [1.82, 2.24) is 5.32 Å². The summed E-state index contributed by atoms with van der Waals surface area (Å²) >= 11 is 0. The van der Waals surface area contributed by atoms with Gasteiger partial charge in [-0.1, -0.05) is 43.7 Å². The fourth-order valence-electron chi connectivity index (χ4n) is 2.71. The van der Waals surface area contributed by atoms with E-state index in [9.17, 15) is 0 Å². The quantitative estimate of drug-likeness (QED) is 0.717. The van der Waals surface area contributed by atoms with Gasteiger partial charge in [-0.05, 0) is 37.3 Å². The first-order valence-corrected chi connectivity index (χ1v) is 7.86. The zero-order valence-electron chi connectivity index (χ0n) is 14.2.